The van der Waals surface area contributed by atoms with Gasteiger partial charge in [0.2, 0.25) is 0 Å². The summed E-state index contributed by atoms with van der Waals surface area (Å²) in [6.45, 7) is 2.57. The van der Waals surface area contributed by atoms with Crippen molar-refractivity contribution in [2.45, 2.75) is 19.6 Å². The van der Waals surface area contributed by atoms with Gasteiger partial charge >= 0.3 is 0 Å². The molecule has 1 aliphatic heterocycles. The number of rotatable bonds is 4. The number of fused-ring (bicyclic) bond motifs is 1. The van der Waals surface area contributed by atoms with E-state index in [0.717, 1.165) is 21.4 Å². The molecule has 5 heteroatoms. The zero-order valence-corrected chi connectivity index (χ0v) is 15.9. The number of hydrogen-bond donors (Lipinski definition) is 1. The van der Waals surface area contributed by atoms with Crippen LogP contribution in [0.2, 0.25) is 0 Å². The van der Waals surface area contributed by atoms with E-state index in [9.17, 15) is 4.79 Å². The lowest BCUT2D eigenvalue weighted by molar-refractivity contribution is 0.0727. The molecule has 0 bridgehead atoms. The number of anilines is 1. The molecule has 1 aliphatic rings. The van der Waals surface area contributed by atoms with Gasteiger partial charge in [0.1, 0.15) is 6.17 Å². The Bertz CT molecular complexity index is 958. The zero-order chi connectivity index (χ0) is 18.1. The van der Waals surface area contributed by atoms with Gasteiger partial charge in [-0.1, -0.05) is 36.4 Å². The van der Waals surface area contributed by atoms with E-state index in [2.05, 4.69) is 32.3 Å². The molecular formula is C21H18BrN3O. The minimum absolute atomic E-state index is 0.00214. The first kappa shape index (κ1) is 16.8. The maximum absolute atomic E-state index is 13.0. The highest BCUT2D eigenvalue weighted by molar-refractivity contribution is 9.10. The van der Waals surface area contributed by atoms with Crippen LogP contribution in [-0.4, -0.2) is 15.8 Å². The molecule has 1 unspecified atom stereocenters. The van der Waals surface area contributed by atoms with E-state index in [1.54, 1.807) is 6.20 Å². The highest BCUT2D eigenvalue weighted by Crippen LogP contribution is 2.36. The lowest BCUT2D eigenvalue weighted by atomic mass is 10.2. The van der Waals surface area contributed by atoms with Crippen LogP contribution < -0.4 is 5.32 Å². The lowest BCUT2D eigenvalue weighted by Gasteiger charge is -2.27. The standard InChI is InChI=1S/C21H18BrN3O/c1-14-9-10-18(17(22)12-14)24-20-19-16(8-5-11-23-19)21(26)25(20)13-15-6-3-2-4-7-15/h2-12,20,24H,13H2,1H3. The summed E-state index contributed by atoms with van der Waals surface area (Å²) in [4.78, 5) is 19.3. The van der Waals surface area contributed by atoms with Crippen LogP contribution in [0.25, 0.3) is 0 Å². The largest absolute Gasteiger partial charge is 0.359 e. The number of nitrogens with one attached hydrogen (secondary N) is 1. The van der Waals surface area contributed by atoms with Crippen LogP contribution >= 0.6 is 15.9 Å². The summed E-state index contributed by atoms with van der Waals surface area (Å²) in [5.41, 5.74) is 4.61. The van der Waals surface area contributed by atoms with Gasteiger partial charge in [-0.2, -0.15) is 0 Å². The van der Waals surface area contributed by atoms with E-state index >= 15 is 0 Å². The topological polar surface area (TPSA) is 45.2 Å². The number of amides is 1. The maximum Gasteiger partial charge on any atom is 0.258 e. The first-order valence-corrected chi connectivity index (χ1v) is 9.25. The molecule has 1 atom stereocenters. The van der Waals surface area contributed by atoms with Crippen LogP contribution in [0.3, 0.4) is 0 Å². The van der Waals surface area contributed by atoms with Gasteiger partial charge in [0, 0.05) is 17.2 Å². The quantitative estimate of drug-likeness (QED) is 0.667. The highest BCUT2D eigenvalue weighted by atomic mass is 79.9. The summed E-state index contributed by atoms with van der Waals surface area (Å²) in [5, 5.41) is 3.49. The van der Waals surface area contributed by atoms with Crippen molar-refractivity contribution in [2.24, 2.45) is 0 Å². The van der Waals surface area contributed by atoms with Crippen molar-refractivity contribution in [1.29, 1.82) is 0 Å². The maximum atomic E-state index is 13.0. The molecule has 4 nitrogen and oxygen atoms in total. The van der Waals surface area contributed by atoms with Crippen molar-refractivity contribution < 1.29 is 4.79 Å². The monoisotopic (exact) mass is 407 g/mol. The molecule has 1 amide bonds. The number of pyridine rings is 1. The summed E-state index contributed by atoms with van der Waals surface area (Å²) in [6, 6.07) is 19.8. The molecule has 4 rings (SSSR count). The van der Waals surface area contributed by atoms with Crippen molar-refractivity contribution >= 4 is 27.5 Å². The Kier molecular flexibility index (Phi) is 4.47. The van der Waals surface area contributed by atoms with Gasteiger partial charge in [0.25, 0.3) is 5.91 Å². The Labute approximate surface area is 161 Å². The predicted molar refractivity (Wildman–Crippen MR) is 106 cm³/mol. The van der Waals surface area contributed by atoms with Crippen LogP contribution in [0.1, 0.15) is 33.3 Å². The van der Waals surface area contributed by atoms with E-state index in [1.807, 2.05) is 66.4 Å². The van der Waals surface area contributed by atoms with Crippen LogP contribution in [0.4, 0.5) is 5.69 Å². The number of halogens is 1. The van der Waals surface area contributed by atoms with Crippen molar-refractivity contribution in [3.8, 4) is 0 Å². The number of aromatic nitrogens is 1. The van der Waals surface area contributed by atoms with Gasteiger partial charge in [-0.05, 0) is 58.2 Å². The van der Waals surface area contributed by atoms with Crippen LogP contribution in [0.15, 0.2) is 71.3 Å². The van der Waals surface area contributed by atoms with Crippen LogP contribution in [-0.2, 0) is 6.54 Å². The Morgan fingerprint density at radius 3 is 2.69 bits per heavy atom. The Hall–Kier alpha value is -2.66. The number of benzene rings is 2. The molecule has 0 aliphatic carbocycles. The molecule has 1 aromatic heterocycles. The Morgan fingerprint density at radius 2 is 1.92 bits per heavy atom. The molecule has 0 saturated carbocycles. The van der Waals surface area contributed by atoms with E-state index in [1.165, 1.54) is 5.56 Å². The van der Waals surface area contributed by atoms with Gasteiger partial charge in [0.15, 0.2) is 0 Å². The second kappa shape index (κ2) is 6.92. The normalized spacial score (nSPS) is 15.8. The number of nitrogens with zero attached hydrogens (tertiary/aromatic N) is 2. The van der Waals surface area contributed by atoms with E-state index in [0.29, 0.717) is 12.1 Å². The molecule has 26 heavy (non-hydrogen) atoms. The van der Waals surface area contributed by atoms with E-state index in [-0.39, 0.29) is 12.1 Å². The first-order chi connectivity index (χ1) is 12.6. The van der Waals surface area contributed by atoms with Gasteiger partial charge < -0.3 is 10.2 Å². The van der Waals surface area contributed by atoms with Crippen molar-refractivity contribution in [2.75, 3.05) is 5.32 Å². The van der Waals surface area contributed by atoms with Crippen molar-refractivity contribution in [3.05, 3.63) is 93.7 Å². The van der Waals surface area contributed by atoms with E-state index in [4.69, 9.17) is 0 Å². The molecule has 1 N–H and O–H groups in total. The molecule has 130 valence electrons. The SMILES string of the molecule is Cc1ccc(NC2c3ncccc3C(=O)N2Cc2ccccc2)c(Br)c1. The van der Waals surface area contributed by atoms with Gasteiger partial charge in [-0.15, -0.1) is 0 Å². The summed E-state index contributed by atoms with van der Waals surface area (Å²) in [6.07, 6.45) is 1.43. The van der Waals surface area contributed by atoms with Crippen molar-refractivity contribution in [1.82, 2.24) is 9.88 Å². The third-order valence-corrected chi connectivity index (χ3v) is 5.17. The second-order valence-corrected chi connectivity index (χ2v) is 7.24. The van der Waals surface area contributed by atoms with E-state index < -0.39 is 0 Å². The summed E-state index contributed by atoms with van der Waals surface area (Å²) < 4.78 is 0.967. The Morgan fingerprint density at radius 1 is 1.12 bits per heavy atom. The molecule has 2 aromatic carbocycles. The highest BCUT2D eigenvalue weighted by Gasteiger charge is 2.38. The summed E-state index contributed by atoms with van der Waals surface area (Å²) in [5.74, 6) is -0.00214. The third-order valence-electron chi connectivity index (χ3n) is 4.51. The first-order valence-electron chi connectivity index (χ1n) is 8.46. The number of carbonyl (C=O) groups is 1. The fourth-order valence-corrected chi connectivity index (χ4v) is 3.82. The molecule has 0 fully saturated rings. The van der Waals surface area contributed by atoms with Gasteiger partial charge in [-0.3, -0.25) is 9.78 Å². The summed E-state index contributed by atoms with van der Waals surface area (Å²) >= 11 is 3.61. The van der Waals surface area contributed by atoms with Crippen LogP contribution in [0.5, 0.6) is 0 Å². The lowest BCUT2D eigenvalue weighted by Crippen LogP contribution is -2.32. The average molecular weight is 408 g/mol. The molecular weight excluding hydrogens is 390 g/mol. The number of hydrogen-bond acceptors (Lipinski definition) is 3. The average Bonchev–Trinajstić information content (AvgIpc) is 2.91. The summed E-state index contributed by atoms with van der Waals surface area (Å²) in [7, 11) is 0. The molecule has 0 radical (unpaired) electrons. The predicted octanol–water partition coefficient (Wildman–Crippen LogP) is 4.92. The molecule has 0 saturated heterocycles. The smallest absolute Gasteiger partial charge is 0.258 e. The molecule has 0 spiro atoms. The van der Waals surface area contributed by atoms with Gasteiger partial charge in [0.05, 0.1) is 16.9 Å². The second-order valence-electron chi connectivity index (χ2n) is 6.39. The fourth-order valence-electron chi connectivity index (χ4n) is 3.21. The van der Waals surface area contributed by atoms with Crippen LogP contribution in [0, 0.1) is 6.92 Å². The minimum atomic E-state index is -0.307. The number of aryl methyl sites for hydroxylation is 1. The third kappa shape index (κ3) is 3.10. The zero-order valence-electron chi connectivity index (χ0n) is 14.3. The van der Waals surface area contributed by atoms with Gasteiger partial charge in [-0.25, -0.2) is 0 Å². The fraction of sp³-hybridized carbons (Fsp3) is 0.143. The number of carbonyl (C=O) groups excluding carboxylic acids is 1. The Balaban J connectivity index is 1.71. The minimum Gasteiger partial charge on any atom is -0.359 e. The molecule has 2 heterocycles. The molecule has 3 aromatic rings. The van der Waals surface area contributed by atoms with Crippen molar-refractivity contribution in [3.63, 3.8) is 0 Å².